The molecule has 7 heteroatoms. The first kappa shape index (κ1) is 22.2. The van der Waals surface area contributed by atoms with Crippen molar-refractivity contribution in [2.24, 2.45) is 0 Å². The zero-order valence-corrected chi connectivity index (χ0v) is 18.6. The highest BCUT2D eigenvalue weighted by Gasteiger charge is 2.33. The van der Waals surface area contributed by atoms with Gasteiger partial charge in [0.15, 0.2) is 0 Å². The maximum Gasteiger partial charge on any atom is 0.317 e. The molecule has 0 spiro atoms. The van der Waals surface area contributed by atoms with E-state index in [0.717, 1.165) is 30.6 Å². The highest BCUT2D eigenvalue weighted by molar-refractivity contribution is 7.10. The van der Waals surface area contributed by atoms with E-state index in [9.17, 15) is 9.59 Å². The average Bonchev–Trinajstić information content (AvgIpc) is 3.25. The van der Waals surface area contributed by atoms with E-state index in [1.165, 1.54) is 4.88 Å². The number of amides is 3. The zero-order chi connectivity index (χ0) is 21.3. The Balaban J connectivity index is 1.72. The van der Waals surface area contributed by atoms with Crippen LogP contribution in [0.25, 0.3) is 0 Å². The van der Waals surface area contributed by atoms with Gasteiger partial charge < -0.3 is 19.9 Å². The fraction of sp³-hybridized carbons (Fsp3) is 0.478. The van der Waals surface area contributed by atoms with E-state index in [-0.39, 0.29) is 24.5 Å². The van der Waals surface area contributed by atoms with Crippen LogP contribution in [0.5, 0.6) is 5.75 Å². The number of carbonyl (C=O) groups is 2. The van der Waals surface area contributed by atoms with E-state index in [1.807, 2.05) is 49.1 Å². The standard InChI is InChI=1S/C23H31N3O3S/c1-3-12-24-23(28)25(13-4-2)16-22(27)26-14-10-21-19(11-15-30-21)20(26)17-29-18-8-6-5-7-9-18/h5-9,11,15,20H,3-4,10,12-14,16-17H2,1-2H3,(H,24,28)/t20-/m1/s1. The third-order valence-electron chi connectivity index (χ3n) is 5.20. The number of nitrogens with zero attached hydrogens (tertiary/aromatic N) is 2. The zero-order valence-electron chi connectivity index (χ0n) is 17.8. The van der Waals surface area contributed by atoms with Crippen molar-refractivity contribution in [3.05, 3.63) is 52.2 Å². The van der Waals surface area contributed by atoms with Gasteiger partial charge in [-0.2, -0.15) is 0 Å². The molecular formula is C23H31N3O3S. The van der Waals surface area contributed by atoms with Crippen LogP contribution in [0.2, 0.25) is 0 Å². The summed E-state index contributed by atoms with van der Waals surface area (Å²) in [5, 5.41) is 4.97. The molecule has 3 rings (SSSR count). The molecule has 1 N–H and O–H groups in total. The SMILES string of the molecule is CCCNC(=O)N(CCC)CC(=O)N1CCc2sccc2[C@H]1COc1ccccc1. The second-order valence-electron chi connectivity index (χ2n) is 7.43. The number of rotatable bonds is 9. The number of urea groups is 1. The molecule has 162 valence electrons. The highest BCUT2D eigenvalue weighted by atomic mass is 32.1. The molecule has 1 aliphatic rings. The van der Waals surface area contributed by atoms with Crippen molar-refractivity contribution in [2.45, 2.75) is 39.2 Å². The van der Waals surface area contributed by atoms with Crippen LogP contribution in [0.1, 0.15) is 43.2 Å². The second-order valence-corrected chi connectivity index (χ2v) is 8.43. The van der Waals surface area contributed by atoms with Gasteiger partial charge in [-0.15, -0.1) is 11.3 Å². The lowest BCUT2D eigenvalue weighted by atomic mass is 10.0. The number of para-hydroxylation sites is 1. The summed E-state index contributed by atoms with van der Waals surface area (Å²) in [6.45, 7) is 6.33. The van der Waals surface area contributed by atoms with Crippen molar-refractivity contribution in [1.29, 1.82) is 0 Å². The maximum atomic E-state index is 13.3. The molecule has 6 nitrogen and oxygen atoms in total. The van der Waals surface area contributed by atoms with Gasteiger partial charge in [-0.3, -0.25) is 4.79 Å². The van der Waals surface area contributed by atoms with Gasteiger partial charge in [0.25, 0.3) is 0 Å². The molecule has 0 unspecified atom stereocenters. The Kier molecular flexibility index (Phi) is 8.13. The fourth-order valence-electron chi connectivity index (χ4n) is 3.69. The number of carbonyl (C=O) groups excluding carboxylic acids is 2. The number of fused-ring (bicyclic) bond motifs is 1. The van der Waals surface area contributed by atoms with Crippen LogP contribution in [0.3, 0.4) is 0 Å². The number of ether oxygens (including phenoxy) is 1. The third kappa shape index (κ3) is 5.53. The van der Waals surface area contributed by atoms with Crippen molar-refractivity contribution in [3.8, 4) is 5.75 Å². The lowest BCUT2D eigenvalue weighted by Crippen LogP contribution is -2.50. The molecule has 30 heavy (non-hydrogen) atoms. The first-order valence-electron chi connectivity index (χ1n) is 10.7. The van der Waals surface area contributed by atoms with Crippen molar-refractivity contribution in [2.75, 3.05) is 32.8 Å². The summed E-state index contributed by atoms with van der Waals surface area (Å²) in [4.78, 5) is 30.6. The van der Waals surface area contributed by atoms with Crippen molar-refractivity contribution < 1.29 is 14.3 Å². The van der Waals surface area contributed by atoms with Crippen LogP contribution < -0.4 is 10.1 Å². The van der Waals surface area contributed by atoms with Crippen LogP contribution in [-0.2, 0) is 11.2 Å². The normalized spacial score (nSPS) is 15.4. The topological polar surface area (TPSA) is 61.9 Å². The second kappa shape index (κ2) is 11.0. The van der Waals surface area contributed by atoms with E-state index in [0.29, 0.717) is 26.2 Å². The first-order chi connectivity index (χ1) is 14.6. The molecule has 1 aromatic carbocycles. The van der Waals surface area contributed by atoms with Gasteiger partial charge >= 0.3 is 6.03 Å². The van der Waals surface area contributed by atoms with Gasteiger partial charge in [0.1, 0.15) is 18.9 Å². The van der Waals surface area contributed by atoms with Gasteiger partial charge in [-0.05, 0) is 48.4 Å². The van der Waals surface area contributed by atoms with Crippen LogP contribution in [-0.4, -0.2) is 54.5 Å². The van der Waals surface area contributed by atoms with Gasteiger partial charge in [-0.1, -0.05) is 32.0 Å². The smallest absolute Gasteiger partial charge is 0.317 e. The summed E-state index contributed by atoms with van der Waals surface area (Å²) in [5.41, 5.74) is 1.16. The number of thiophene rings is 1. The van der Waals surface area contributed by atoms with Gasteiger partial charge in [0.05, 0.1) is 6.04 Å². The molecule has 1 aliphatic heterocycles. The average molecular weight is 430 g/mol. The van der Waals surface area contributed by atoms with E-state index in [4.69, 9.17) is 4.74 Å². The molecule has 2 aromatic rings. The monoisotopic (exact) mass is 429 g/mol. The molecule has 1 aromatic heterocycles. The molecule has 2 heterocycles. The molecular weight excluding hydrogens is 398 g/mol. The summed E-state index contributed by atoms with van der Waals surface area (Å²) in [6.07, 6.45) is 2.52. The molecule has 0 aliphatic carbocycles. The van der Waals surface area contributed by atoms with E-state index in [1.54, 1.807) is 16.2 Å². The number of hydrogen-bond donors (Lipinski definition) is 1. The minimum atomic E-state index is -0.169. The minimum Gasteiger partial charge on any atom is -0.491 e. The summed E-state index contributed by atoms with van der Waals surface area (Å²) in [5.74, 6) is 0.757. The van der Waals surface area contributed by atoms with Gasteiger partial charge in [-0.25, -0.2) is 4.79 Å². The quantitative estimate of drug-likeness (QED) is 0.653. The van der Waals surface area contributed by atoms with Crippen LogP contribution in [0, 0.1) is 0 Å². The van der Waals surface area contributed by atoms with E-state index in [2.05, 4.69) is 16.8 Å². The Bertz CT molecular complexity index is 824. The Morgan fingerprint density at radius 3 is 2.73 bits per heavy atom. The molecule has 0 saturated heterocycles. The number of benzene rings is 1. The Morgan fingerprint density at radius 1 is 1.20 bits per heavy atom. The van der Waals surface area contributed by atoms with Crippen LogP contribution in [0.4, 0.5) is 4.79 Å². The fourth-order valence-corrected chi connectivity index (χ4v) is 4.61. The predicted octanol–water partition coefficient (Wildman–Crippen LogP) is 4.08. The lowest BCUT2D eigenvalue weighted by molar-refractivity contribution is -0.135. The molecule has 0 saturated carbocycles. The first-order valence-corrected chi connectivity index (χ1v) is 11.6. The van der Waals surface area contributed by atoms with Crippen molar-refractivity contribution in [1.82, 2.24) is 15.1 Å². The van der Waals surface area contributed by atoms with Gasteiger partial charge in [0.2, 0.25) is 5.91 Å². The van der Waals surface area contributed by atoms with Crippen LogP contribution in [0.15, 0.2) is 41.8 Å². The summed E-state index contributed by atoms with van der Waals surface area (Å²) >= 11 is 1.73. The molecule has 0 fully saturated rings. The molecule has 1 atom stereocenters. The largest absolute Gasteiger partial charge is 0.491 e. The predicted molar refractivity (Wildman–Crippen MR) is 120 cm³/mol. The Labute approximate surface area is 182 Å². The Hall–Kier alpha value is -2.54. The minimum absolute atomic E-state index is 0.0337. The Morgan fingerprint density at radius 2 is 2.00 bits per heavy atom. The summed E-state index contributed by atoms with van der Waals surface area (Å²) in [7, 11) is 0. The third-order valence-corrected chi connectivity index (χ3v) is 6.20. The van der Waals surface area contributed by atoms with E-state index < -0.39 is 0 Å². The molecule has 3 amide bonds. The van der Waals surface area contributed by atoms with Gasteiger partial charge in [0, 0.05) is 24.5 Å². The van der Waals surface area contributed by atoms with E-state index >= 15 is 0 Å². The number of nitrogens with one attached hydrogen (secondary N) is 1. The lowest BCUT2D eigenvalue weighted by Gasteiger charge is -2.37. The molecule has 0 radical (unpaired) electrons. The number of hydrogen-bond acceptors (Lipinski definition) is 4. The van der Waals surface area contributed by atoms with Crippen LogP contribution >= 0.6 is 11.3 Å². The summed E-state index contributed by atoms with van der Waals surface area (Å²) in [6, 6.07) is 11.4. The summed E-state index contributed by atoms with van der Waals surface area (Å²) < 4.78 is 6.02. The maximum absolute atomic E-state index is 13.3. The van der Waals surface area contributed by atoms with Crippen molar-refractivity contribution >= 4 is 23.3 Å². The highest BCUT2D eigenvalue weighted by Crippen LogP contribution is 2.34. The molecule has 0 bridgehead atoms. The van der Waals surface area contributed by atoms with Crippen molar-refractivity contribution in [3.63, 3.8) is 0 Å².